The van der Waals surface area contributed by atoms with Crippen molar-refractivity contribution in [3.63, 3.8) is 0 Å². The van der Waals surface area contributed by atoms with E-state index in [2.05, 4.69) is 504 Å². The Kier molecular flexibility index (Phi) is 18.2. The van der Waals surface area contributed by atoms with E-state index < -0.39 is 0 Å². The van der Waals surface area contributed by atoms with E-state index in [0.717, 1.165) is 22.7 Å². The molecule has 0 atom stereocenters. The average molecular weight is 1580 g/mol. The molecule has 0 saturated heterocycles. The number of rotatable bonds is 14. The second-order valence-electron chi connectivity index (χ2n) is 32.3. The average Bonchev–Trinajstić information content (AvgIpc) is 1.60. The number of hydrogen-bond donors (Lipinski definition) is 0. The van der Waals surface area contributed by atoms with Crippen molar-refractivity contribution in [3.05, 3.63) is 485 Å². The van der Waals surface area contributed by atoms with Crippen LogP contribution in [0.5, 0.6) is 0 Å². The number of nitrogens with zero attached hydrogens (tertiary/aromatic N) is 4. The van der Waals surface area contributed by atoms with Gasteiger partial charge in [0.05, 0.1) is 44.1 Å². The van der Waals surface area contributed by atoms with Crippen LogP contribution in [0.3, 0.4) is 0 Å². The highest BCUT2D eigenvalue weighted by Crippen LogP contribution is 2.44. The summed E-state index contributed by atoms with van der Waals surface area (Å²) >= 11 is 0. The minimum Gasteiger partial charge on any atom is -0.309 e. The molecule has 124 heavy (non-hydrogen) atoms. The predicted octanol–water partition coefficient (Wildman–Crippen LogP) is 32.4. The van der Waals surface area contributed by atoms with Gasteiger partial charge in [-0.15, -0.1) is 0 Å². The highest BCUT2D eigenvalue weighted by Gasteiger charge is 2.22. The van der Waals surface area contributed by atoms with Crippen LogP contribution in [0.2, 0.25) is 0 Å². The van der Waals surface area contributed by atoms with E-state index in [1.807, 2.05) is 0 Å². The molecule has 0 aliphatic rings. The SMILES string of the molecule is c1ccc(-c2ccc(-c3ccc(-n4c5ccccc5c5cc(-c6ccc7c(c6)c6ccccc6n7-c6cc(-c7ccccc7)cc(-c7ccccc7)c6)ccc54)cc3)cc2)cc1.c1ccc(-c2ccc(-c3ccc(-n4c5ccccc5c5cc(-c6ccc7c(c6)c6ccccc6n7-c6ccc(-c7ccc(-c8ccccc8)cc7)cc6)ccc54)cc3)cc2)cc1. The van der Waals surface area contributed by atoms with Gasteiger partial charge in [-0.2, -0.15) is 0 Å². The summed E-state index contributed by atoms with van der Waals surface area (Å²) < 4.78 is 9.65. The molecule has 580 valence electrons. The van der Waals surface area contributed by atoms with Gasteiger partial charge >= 0.3 is 0 Å². The van der Waals surface area contributed by atoms with E-state index in [4.69, 9.17) is 0 Å². The van der Waals surface area contributed by atoms with Crippen molar-refractivity contribution in [3.8, 4) is 134 Å². The fourth-order valence-corrected chi connectivity index (χ4v) is 18.9. The maximum absolute atomic E-state index is 2.44. The van der Waals surface area contributed by atoms with E-state index in [1.54, 1.807) is 0 Å². The van der Waals surface area contributed by atoms with Gasteiger partial charge < -0.3 is 18.3 Å². The molecule has 24 aromatic rings. The Balaban J connectivity index is 0.000000143. The van der Waals surface area contributed by atoms with E-state index in [0.29, 0.717) is 0 Å². The number of para-hydroxylation sites is 4. The van der Waals surface area contributed by atoms with Gasteiger partial charge in [0.15, 0.2) is 0 Å². The molecule has 0 amide bonds. The molecule has 4 heteroatoms. The van der Waals surface area contributed by atoms with Crippen LogP contribution < -0.4 is 0 Å². The third kappa shape index (κ3) is 13.2. The van der Waals surface area contributed by atoms with Crippen molar-refractivity contribution in [2.75, 3.05) is 0 Å². The van der Waals surface area contributed by atoms with Gasteiger partial charge in [-0.25, -0.2) is 0 Å². The predicted molar refractivity (Wildman–Crippen MR) is 525 cm³/mol. The van der Waals surface area contributed by atoms with Crippen molar-refractivity contribution in [2.45, 2.75) is 0 Å². The zero-order valence-corrected chi connectivity index (χ0v) is 68.0. The third-order valence-corrected chi connectivity index (χ3v) is 25.1. The van der Waals surface area contributed by atoms with Crippen LogP contribution in [-0.2, 0) is 0 Å². The van der Waals surface area contributed by atoms with Crippen LogP contribution in [0.25, 0.3) is 221 Å². The number of hydrogen-bond acceptors (Lipinski definition) is 0. The van der Waals surface area contributed by atoms with Gasteiger partial charge in [-0.1, -0.05) is 358 Å². The van der Waals surface area contributed by atoms with Gasteiger partial charge in [0.1, 0.15) is 0 Å². The summed E-state index contributed by atoms with van der Waals surface area (Å²) in [5.74, 6) is 0. The summed E-state index contributed by atoms with van der Waals surface area (Å²) in [7, 11) is 0. The molecule has 4 aromatic heterocycles. The lowest BCUT2D eigenvalue weighted by Crippen LogP contribution is -1.96. The zero-order valence-electron chi connectivity index (χ0n) is 68.0. The minimum absolute atomic E-state index is 1.15. The Bertz CT molecular complexity index is 7800. The molecule has 0 radical (unpaired) electrons. The quantitative estimate of drug-likeness (QED) is 0.103. The third-order valence-electron chi connectivity index (χ3n) is 25.1. The van der Waals surface area contributed by atoms with Gasteiger partial charge in [0, 0.05) is 65.8 Å². The number of benzene rings is 20. The van der Waals surface area contributed by atoms with Crippen LogP contribution in [0, 0.1) is 0 Å². The molecule has 0 bridgehead atoms. The highest BCUT2D eigenvalue weighted by molar-refractivity contribution is 6.15. The lowest BCUT2D eigenvalue weighted by atomic mass is 9.98. The standard InChI is InChI=1S/2C60H40N2/c1-4-14-41(15-5-1)44-24-26-45(27-25-44)46-28-32-51(33-29-46)61-57-22-12-10-20-53(57)55-39-47(30-34-59(55)61)48-31-35-60-56(40-48)54-21-11-13-23-58(54)62(60)52-37-49(42-16-6-2-7-17-42)36-50(38-52)43-18-8-3-9-19-43;1-3-11-41(12-4-1)43-19-23-45(24-20-43)47-27-33-51(34-28-47)61-57-17-9-7-15-53(57)55-39-49(31-37-59(55)61)50-32-38-60-56(40-50)54-16-8-10-18-58(54)62(60)52-35-29-48(30-36-52)46-25-21-44(22-26-46)42-13-5-2-6-14-42/h2*1-40H. The van der Waals surface area contributed by atoms with Crippen LogP contribution in [-0.4, -0.2) is 18.3 Å². The Morgan fingerprint density at radius 2 is 0.250 bits per heavy atom. The summed E-state index contributed by atoms with van der Waals surface area (Å²) in [5, 5.41) is 9.96. The molecule has 0 saturated carbocycles. The Morgan fingerprint density at radius 1 is 0.0887 bits per heavy atom. The van der Waals surface area contributed by atoms with Gasteiger partial charge in [0.25, 0.3) is 0 Å². The minimum atomic E-state index is 1.15. The second-order valence-corrected chi connectivity index (χ2v) is 32.3. The topological polar surface area (TPSA) is 19.7 Å². The van der Waals surface area contributed by atoms with E-state index in [-0.39, 0.29) is 0 Å². The fourth-order valence-electron chi connectivity index (χ4n) is 18.9. The highest BCUT2D eigenvalue weighted by atomic mass is 15.0. The molecule has 0 aliphatic heterocycles. The monoisotopic (exact) mass is 1580 g/mol. The maximum Gasteiger partial charge on any atom is 0.0541 e. The lowest BCUT2D eigenvalue weighted by molar-refractivity contribution is 1.18. The summed E-state index contributed by atoms with van der Waals surface area (Å²) in [4.78, 5) is 0. The van der Waals surface area contributed by atoms with Gasteiger partial charge in [-0.05, 0) is 239 Å². The molecule has 0 N–H and O–H groups in total. The smallest absolute Gasteiger partial charge is 0.0541 e. The first-order valence-corrected chi connectivity index (χ1v) is 42.7. The van der Waals surface area contributed by atoms with Crippen molar-refractivity contribution in [2.24, 2.45) is 0 Å². The zero-order chi connectivity index (χ0) is 82.0. The molecule has 0 fully saturated rings. The lowest BCUT2D eigenvalue weighted by Gasteiger charge is -2.14. The molecular weight excluding hydrogens is 1500 g/mol. The molecule has 24 rings (SSSR count). The molecular formula is C120H80N4. The van der Waals surface area contributed by atoms with Crippen LogP contribution in [0.1, 0.15) is 0 Å². The normalized spacial score (nSPS) is 11.5. The van der Waals surface area contributed by atoms with Crippen LogP contribution >= 0.6 is 0 Å². The Labute approximate surface area is 719 Å². The van der Waals surface area contributed by atoms with Crippen LogP contribution in [0.15, 0.2) is 485 Å². The first kappa shape index (κ1) is 72.8. The van der Waals surface area contributed by atoms with E-state index in [9.17, 15) is 0 Å². The van der Waals surface area contributed by atoms with E-state index >= 15 is 0 Å². The fraction of sp³-hybridized carbons (Fsp3) is 0. The van der Waals surface area contributed by atoms with Crippen molar-refractivity contribution >= 4 is 87.2 Å². The Morgan fingerprint density at radius 3 is 0.476 bits per heavy atom. The molecule has 4 heterocycles. The summed E-state index contributed by atoms with van der Waals surface area (Å²) in [5.41, 5.74) is 38.4. The summed E-state index contributed by atoms with van der Waals surface area (Å²) in [6.45, 7) is 0. The maximum atomic E-state index is 2.44. The first-order chi connectivity index (χ1) is 61.5. The van der Waals surface area contributed by atoms with Crippen molar-refractivity contribution < 1.29 is 0 Å². The Hall–Kier alpha value is -16.4. The summed E-state index contributed by atoms with van der Waals surface area (Å²) in [6, 6.07) is 177. The first-order valence-electron chi connectivity index (χ1n) is 42.7. The van der Waals surface area contributed by atoms with Gasteiger partial charge in [0.2, 0.25) is 0 Å². The van der Waals surface area contributed by atoms with E-state index in [1.165, 1.54) is 198 Å². The molecule has 0 spiro atoms. The number of fused-ring (bicyclic) bond motifs is 12. The molecule has 0 unspecified atom stereocenters. The number of aromatic nitrogens is 4. The van der Waals surface area contributed by atoms with Gasteiger partial charge in [-0.3, -0.25) is 0 Å². The summed E-state index contributed by atoms with van der Waals surface area (Å²) in [6.07, 6.45) is 0. The molecule has 20 aromatic carbocycles. The van der Waals surface area contributed by atoms with Crippen molar-refractivity contribution in [1.29, 1.82) is 0 Å². The van der Waals surface area contributed by atoms with Crippen LogP contribution in [0.4, 0.5) is 0 Å². The molecule has 4 nitrogen and oxygen atoms in total. The van der Waals surface area contributed by atoms with Crippen molar-refractivity contribution in [1.82, 2.24) is 18.3 Å². The largest absolute Gasteiger partial charge is 0.309 e. The second kappa shape index (κ2) is 31.1. The molecule has 0 aliphatic carbocycles.